The lowest BCUT2D eigenvalue weighted by atomic mass is 10.1. The number of aromatic amines is 1. The second-order valence-electron chi connectivity index (χ2n) is 6.05. The summed E-state index contributed by atoms with van der Waals surface area (Å²) in [7, 11) is 0. The standard InChI is InChI=1S/C17H14ClF2N5O/c18-16-14(8-22-23-17(16)26)24-3-4-25-12(7-21-15(25)9-24)5-10-1-2-11(19)6-13(10)20/h1-2,6-8H,3-5,9H2,(H,23,26). The third-order valence-corrected chi connectivity index (χ3v) is 4.82. The molecule has 0 aliphatic carbocycles. The van der Waals surface area contributed by atoms with Crippen molar-refractivity contribution in [1.29, 1.82) is 0 Å². The topological polar surface area (TPSA) is 66.8 Å². The van der Waals surface area contributed by atoms with Gasteiger partial charge < -0.3 is 9.47 Å². The molecule has 0 amide bonds. The van der Waals surface area contributed by atoms with E-state index in [4.69, 9.17) is 11.6 Å². The molecule has 4 rings (SSSR count). The fraction of sp³-hybridized carbons (Fsp3) is 0.235. The molecule has 9 heteroatoms. The van der Waals surface area contributed by atoms with Crippen LogP contribution in [0.15, 0.2) is 35.4 Å². The lowest BCUT2D eigenvalue weighted by Crippen LogP contribution is -2.35. The Labute approximate surface area is 152 Å². The highest BCUT2D eigenvalue weighted by Gasteiger charge is 2.23. The summed E-state index contributed by atoms with van der Waals surface area (Å²) < 4.78 is 29.0. The zero-order valence-corrected chi connectivity index (χ0v) is 14.3. The zero-order chi connectivity index (χ0) is 18.3. The van der Waals surface area contributed by atoms with E-state index in [1.165, 1.54) is 18.3 Å². The molecule has 26 heavy (non-hydrogen) atoms. The number of nitrogens with zero attached hydrogens (tertiary/aromatic N) is 4. The number of H-pyrrole nitrogens is 1. The second-order valence-corrected chi connectivity index (χ2v) is 6.43. The summed E-state index contributed by atoms with van der Waals surface area (Å²) in [6.07, 6.45) is 3.53. The zero-order valence-electron chi connectivity index (χ0n) is 13.5. The molecule has 1 aliphatic heterocycles. The van der Waals surface area contributed by atoms with Crippen LogP contribution in [0.4, 0.5) is 14.5 Å². The monoisotopic (exact) mass is 377 g/mol. The van der Waals surface area contributed by atoms with Gasteiger partial charge in [-0.2, -0.15) is 5.10 Å². The molecule has 3 aromatic rings. The summed E-state index contributed by atoms with van der Waals surface area (Å²) in [6.45, 7) is 1.67. The molecular formula is C17H14ClF2N5O. The highest BCUT2D eigenvalue weighted by Crippen LogP contribution is 2.26. The molecule has 0 bridgehead atoms. The quantitative estimate of drug-likeness (QED) is 0.761. The van der Waals surface area contributed by atoms with Gasteiger partial charge in [-0.15, -0.1) is 0 Å². The molecule has 0 radical (unpaired) electrons. The SMILES string of the molecule is O=c1[nH]ncc(N2CCn3c(Cc4ccc(F)cc4F)cnc3C2)c1Cl. The molecule has 0 saturated carbocycles. The molecule has 0 unspecified atom stereocenters. The smallest absolute Gasteiger partial charge is 0.285 e. The van der Waals surface area contributed by atoms with Crippen LogP contribution in [0.1, 0.15) is 17.1 Å². The highest BCUT2D eigenvalue weighted by molar-refractivity contribution is 6.32. The Morgan fingerprint density at radius 1 is 1.23 bits per heavy atom. The number of hydrogen-bond donors (Lipinski definition) is 1. The van der Waals surface area contributed by atoms with Crippen LogP contribution in [-0.4, -0.2) is 26.3 Å². The van der Waals surface area contributed by atoms with E-state index in [0.29, 0.717) is 37.3 Å². The molecule has 0 fully saturated rings. The normalized spacial score (nSPS) is 13.7. The number of nitrogens with one attached hydrogen (secondary N) is 1. The molecule has 6 nitrogen and oxygen atoms in total. The van der Waals surface area contributed by atoms with Crippen LogP contribution < -0.4 is 10.5 Å². The molecule has 0 saturated heterocycles. The van der Waals surface area contributed by atoms with Gasteiger partial charge in [0.1, 0.15) is 22.5 Å². The van der Waals surface area contributed by atoms with E-state index >= 15 is 0 Å². The van der Waals surface area contributed by atoms with Gasteiger partial charge in [0.05, 0.1) is 18.4 Å². The van der Waals surface area contributed by atoms with Crippen LogP contribution >= 0.6 is 11.6 Å². The van der Waals surface area contributed by atoms with Gasteiger partial charge in [-0.3, -0.25) is 4.79 Å². The number of aromatic nitrogens is 4. The molecule has 0 atom stereocenters. The van der Waals surface area contributed by atoms with E-state index in [-0.39, 0.29) is 5.02 Å². The van der Waals surface area contributed by atoms with Crippen LogP contribution in [0.2, 0.25) is 5.02 Å². The van der Waals surface area contributed by atoms with Crippen LogP contribution in [0.5, 0.6) is 0 Å². The van der Waals surface area contributed by atoms with Crippen molar-refractivity contribution < 1.29 is 8.78 Å². The first kappa shape index (κ1) is 16.7. The van der Waals surface area contributed by atoms with Gasteiger partial charge in [-0.1, -0.05) is 17.7 Å². The summed E-state index contributed by atoms with van der Waals surface area (Å²) in [5.41, 5.74) is 1.38. The Kier molecular flexibility index (Phi) is 4.20. The molecule has 0 spiro atoms. The minimum absolute atomic E-state index is 0.0913. The Morgan fingerprint density at radius 3 is 2.88 bits per heavy atom. The maximum absolute atomic E-state index is 13.9. The summed E-state index contributed by atoms with van der Waals surface area (Å²) in [5.74, 6) is -0.384. The van der Waals surface area contributed by atoms with Crippen LogP contribution in [0.3, 0.4) is 0 Å². The minimum atomic E-state index is -0.597. The van der Waals surface area contributed by atoms with E-state index in [0.717, 1.165) is 17.6 Å². The fourth-order valence-electron chi connectivity index (χ4n) is 3.12. The van der Waals surface area contributed by atoms with Gasteiger partial charge in [0, 0.05) is 37.5 Å². The minimum Gasteiger partial charge on any atom is -0.360 e. The average Bonchev–Trinajstić information content (AvgIpc) is 3.02. The van der Waals surface area contributed by atoms with Gasteiger partial charge in [-0.05, 0) is 11.6 Å². The van der Waals surface area contributed by atoms with E-state index < -0.39 is 17.2 Å². The molecule has 1 N–H and O–H groups in total. The first-order valence-corrected chi connectivity index (χ1v) is 8.36. The van der Waals surface area contributed by atoms with Crippen molar-refractivity contribution in [2.75, 3.05) is 11.4 Å². The number of rotatable bonds is 3. The molecular weight excluding hydrogens is 364 g/mol. The molecule has 2 aromatic heterocycles. The van der Waals surface area contributed by atoms with Gasteiger partial charge in [0.15, 0.2) is 0 Å². The first-order valence-electron chi connectivity index (χ1n) is 7.98. The van der Waals surface area contributed by atoms with Crippen LogP contribution in [0.25, 0.3) is 0 Å². The van der Waals surface area contributed by atoms with Crippen molar-refractivity contribution in [1.82, 2.24) is 19.7 Å². The molecule has 3 heterocycles. The Bertz CT molecular complexity index is 1030. The number of benzene rings is 1. The average molecular weight is 378 g/mol. The fourth-order valence-corrected chi connectivity index (χ4v) is 3.34. The van der Waals surface area contributed by atoms with Gasteiger partial charge >= 0.3 is 0 Å². The maximum Gasteiger partial charge on any atom is 0.285 e. The van der Waals surface area contributed by atoms with Gasteiger partial charge in [0.25, 0.3) is 5.56 Å². The highest BCUT2D eigenvalue weighted by atomic mass is 35.5. The van der Waals surface area contributed by atoms with E-state index in [2.05, 4.69) is 15.2 Å². The number of imidazole rings is 1. The van der Waals surface area contributed by atoms with Gasteiger partial charge in [0.2, 0.25) is 0 Å². The lowest BCUT2D eigenvalue weighted by molar-refractivity contribution is 0.541. The van der Waals surface area contributed by atoms with Crippen LogP contribution in [-0.2, 0) is 19.5 Å². The third-order valence-electron chi connectivity index (χ3n) is 4.45. The van der Waals surface area contributed by atoms with Crippen molar-refractivity contribution in [3.8, 4) is 0 Å². The Balaban J connectivity index is 1.59. The van der Waals surface area contributed by atoms with E-state index in [9.17, 15) is 13.6 Å². The summed E-state index contributed by atoms with van der Waals surface area (Å²) >= 11 is 6.07. The molecule has 134 valence electrons. The Hall–Kier alpha value is -2.74. The predicted molar refractivity (Wildman–Crippen MR) is 92.3 cm³/mol. The van der Waals surface area contributed by atoms with Crippen molar-refractivity contribution in [2.45, 2.75) is 19.5 Å². The number of fused-ring (bicyclic) bond motifs is 1. The second kappa shape index (κ2) is 6.53. The number of hydrogen-bond acceptors (Lipinski definition) is 4. The lowest BCUT2D eigenvalue weighted by Gasteiger charge is -2.30. The van der Waals surface area contributed by atoms with Crippen molar-refractivity contribution in [3.63, 3.8) is 0 Å². The predicted octanol–water partition coefficient (Wildman–Crippen LogP) is 2.51. The molecule has 1 aliphatic rings. The van der Waals surface area contributed by atoms with E-state index in [1.54, 1.807) is 6.20 Å². The number of anilines is 1. The van der Waals surface area contributed by atoms with E-state index in [1.807, 2.05) is 9.47 Å². The largest absolute Gasteiger partial charge is 0.360 e. The number of halogens is 3. The summed E-state index contributed by atoms with van der Waals surface area (Å²) in [5, 5.41) is 6.17. The molecule has 1 aromatic carbocycles. The Morgan fingerprint density at radius 2 is 2.08 bits per heavy atom. The van der Waals surface area contributed by atoms with Crippen molar-refractivity contribution >= 4 is 17.3 Å². The third kappa shape index (κ3) is 2.96. The van der Waals surface area contributed by atoms with Crippen molar-refractivity contribution in [3.05, 3.63) is 74.7 Å². The summed E-state index contributed by atoms with van der Waals surface area (Å²) in [6, 6.07) is 3.57. The van der Waals surface area contributed by atoms with Gasteiger partial charge in [-0.25, -0.2) is 18.9 Å². The maximum atomic E-state index is 13.9. The van der Waals surface area contributed by atoms with Crippen LogP contribution in [0, 0.1) is 11.6 Å². The first-order chi connectivity index (χ1) is 12.5. The summed E-state index contributed by atoms with van der Waals surface area (Å²) in [4.78, 5) is 18.0. The van der Waals surface area contributed by atoms with Crippen molar-refractivity contribution in [2.24, 2.45) is 0 Å².